The molecule has 0 saturated carbocycles. The van der Waals surface area contributed by atoms with Gasteiger partial charge in [-0.25, -0.2) is 4.79 Å². The number of carboxylic acid groups (broad SMARTS) is 1. The number of aromatic nitrogens is 2. The number of benzene rings is 2. The van der Waals surface area contributed by atoms with E-state index in [1.807, 2.05) is 79.1 Å². The lowest BCUT2D eigenvalue weighted by Crippen LogP contribution is -2.29. The van der Waals surface area contributed by atoms with E-state index in [1.54, 1.807) is 0 Å². The molecule has 0 radical (unpaired) electrons. The molecule has 1 aliphatic heterocycles. The second-order valence-electron chi connectivity index (χ2n) is 8.59. The van der Waals surface area contributed by atoms with Crippen molar-refractivity contribution in [3.63, 3.8) is 0 Å². The summed E-state index contributed by atoms with van der Waals surface area (Å²) >= 11 is 0. The first-order valence-corrected chi connectivity index (χ1v) is 11.9. The number of carboxylic acids is 1. The van der Waals surface area contributed by atoms with Crippen LogP contribution in [0.3, 0.4) is 0 Å². The minimum Gasteiger partial charge on any atom is -0.492 e. The average molecular weight is 482 g/mol. The van der Waals surface area contributed by atoms with Crippen molar-refractivity contribution in [3.05, 3.63) is 114 Å². The van der Waals surface area contributed by atoms with Crippen LogP contribution in [0.2, 0.25) is 0 Å². The number of ether oxygens (including phenoxy) is 2. The fraction of sp³-hybridized carbons (Fsp3) is 0.207. The van der Waals surface area contributed by atoms with Crippen LogP contribution in [-0.2, 0) is 29.0 Å². The van der Waals surface area contributed by atoms with Gasteiger partial charge in [-0.2, -0.15) is 0 Å². The number of hydrogen-bond acceptors (Lipinski definition) is 6. The highest BCUT2D eigenvalue weighted by Crippen LogP contribution is 2.36. The summed E-state index contributed by atoms with van der Waals surface area (Å²) in [5, 5.41) is 9.58. The van der Waals surface area contributed by atoms with Crippen LogP contribution in [0.15, 0.2) is 91.3 Å². The number of hydrogen-bond donors (Lipinski definition) is 1. The summed E-state index contributed by atoms with van der Waals surface area (Å²) < 4.78 is 11.7. The van der Waals surface area contributed by atoms with Gasteiger partial charge in [-0.15, -0.1) is 0 Å². The highest BCUT2D eigenvalue weighted by atomic mass is 16.5. The van der Waals surface area contributed by atoms with Crippen LogP contribution in [0, 0.1) is 0 Å². The molecule has 0 fully saturated rings. The van der Waals surface area contributed by atoms with Crippen LogP contribution < -0.4 is 9.64 Å². The second-order valence-corrected chi connectivity index (χ2v) is 8.59. The monoisotopic (exact) mass is 481 g/mol. The number of nitrogens with zero attached hydrogens (tertiary/aromatic N) is 3. The third-order valence-electron chi connectivity index (χ3n) is 6.15. The van der Waals surface area contributed by atoms with Gasteiger partial charge in [-0.3, -0.25) is 9.97 Å². The van der Waals surface area contributed by atoms with Gasteiger partial charge in [0.25, 0.3) is 0 Å². The molecular weight excluding hydrogens is 454 g/mol. The highest BCUT2D eigenvalue weighted by molar-refractivity contribution is 5.73. The summed E-state index contributed by atoms with van der Waals surface area (Å²) in [7, 11) is 0. The van der Waals surface area contributed by atoms with Gasteiger partial charge in [-0.05, 0) is 47.5 Å². The minimum absolute atomic E-state index is 0.257. The predicted octanol–water partition coefficient (Wildman–Crippen LogP) is 4.81. The number of aliphatic carboxylic acids is 1. The van der Waals surface area contributed by atoms with Gasteiger partial charge in [0.15, 0.2) is 6.10 Å². The highest BCUT2D eigenvalue weighted by Gasteiger charge is 2.24. The van der Waals surface area contributed by atoms with Gasteiger partial charge in [0, 0.05) is 25.2 Å². The van der Waals surface area contributed by atoms with Crippen molar-refractivity contribution in [1.29, 1.82) is 0 Å². The molecule has 0 spiro atoms. The molecule has 1 atom stereocenters. The van der Waals surface area contributed by atoms with Crippen LogP contribution in [0.25, 0.3) is 0 Å². The predicted molar refractivity (Wildman–Crippen MR) is 137 cm³/mol. The Morgan fingerprint density at radius 1 is 0.861 bits per heavy atom. The topological polar surface area (TPSA) is 84.8 Å². The second kappa shape index (κ2) is 11.0. The molecule has 0 saturated heterocycles. The smallest absolute Gasteiger partial charge is 0.333 e. The lowest BCUT2D eigenvalue weighted by atomic mass is 10.0. The Morgan fingerprint density at radius 3 is 2.17 bits per heavy atom. The molecule has 0 bridgehead atoms. The summed E-state index contributed by atoms with van der Waals surface area (Å²) in [4.78, 5) is 23.0. The van der Waals surface area contributed by atoms with Crippen molar-refractivity contribution in [1.82, 2.24) is 9.97 Å². The molecule has 182 valence electrons. The van der Waals surface area contributed by atoms with Crippen molar-refractivity contribution in [2.75, 3.05) is 18.1 Å². The van der Waals surface area contributed by atoms with Crippen LogP contribution in [-0.4, -0.2) is 40.3 Å². The number of pyridine rings is 2. The molecule has 2 aromatic carbocycles. The molecule has 4 aromatic rings. The maximum Gasteiger partial charge on any atom is 0.333 e. The van der Waals surface area contributed by atoms with E-state index in [0.29, 0.717) is 13.2 Å². The Hall–Kier alpha value is -4.23. The quantitative estimate of drug-likeness (QED) is 0.348. The molecule has 7 nitrogen and oxygen atoms in total. The van der Waals surface area contributed by atoms with Crippen molar-refractivity contribution in [2.24, 2.45) is 0 Å². The Morgan fingerprint density at radius 2 is 1.53 bits per heavy atom. The standard InChI is InChI=1S/C29H27N3O4/c33-29(34)28(36-20-22-6-2-1-3-7-22)18-21-10-12-23(13-11-21)35-17-16-32-26-8-4-14-30-24(26)19-25-27(32)9-5-15-31-25/h1-15,28H,16-20H2,(H,33,34). The van der Waals surface area contributed by atoms with Crippen molar-refractivity contribution in [3.8, 4) is 5.75 Å². The fourth-order valence-electron chi connectivity index (χ4n) is 4.33. The summed E-state index contributed by atoms with van der Waals surface area (Å²) in [6, 6.07) is 25.1. The molecule has 7 heteroatoms. The average Bonchev–Trinajstić information content (AvgIpc) is 2.92. The number of anilines is 2. The summed E-state index contributed by atoms with van der Waals surface area (Å²) in [6.07, 6.45) is 3.70. The van der Waals surface area contributed by atoms with Crippen LogP contribution in [0.4, 0.5) is 11.4 Å². The Kier molecular flexibility index (Phi) is 7.19. The minimum atomic E-state index is -0.975. The first kappa shape index (κ1) is 23.5. The molecular formula is C29H27N3O4. The summed E-state index contributed by atoms with van der Waals surface area (Å²) in [5.41, 5.74) is 5.99. The van der Waals surface area contributed by atoms with Crippen LogP contribution in [0.5, 0.6) is 5.75 Å². The maximum atomic E-state index is 11.7. The molecule has 2 aromatic heterocycles. The molecule has 5 rings (SSSR count). The third kappa shape index (κ3) is 5.53. The summed E-state index contributed by atoms with van der Waals surface area (Å²) in [5.74, 6) is -0.247. The van der Waals surface area contributed by atoms with Gasteiger partial charge in [0.1, 0.15) is 12.4 Å². The molecule has 0 amide bonds. The van der Waals surface area contributed by atoms with Gasteiger partial charge < -0.3 is 19.5 Å². The zero-order chi connectivity index (χ0) is 24.7. The zero-order valence-electron chi connectivity index (χ0n) is 19.8. The lowest BCUT2D eigenvalue weighted by Gasteiger charge is -2.31. The zero-order valence-corrected chi connectivity index (χ0v) is 19.8. The molecule has 36 heavy (non-hydrogen) atoms. The number of fused-ring (bicyclic) bond motifs is 2. The Labute approximate surface area is 210 Å². The Bertz CT molecular complexity index is 1270. The number of rotatable bonds is 10. The molecule has 0 aliphatic carbocycles. The van der Waals surface area contributed by atoms with Gasteiger partial charge in [0.05, 0.1) is 35.9 Å². The lowest BCUT2D eigenvalue weighted by molar-refractivity contribution is -0.151. The van der Waals surface area contributed by atoms with E-state index in [9.17, 15) is 9.90 Å². The van der Waals surface area contributed by atoms with Crippen molar-refractivity contribution >= 4 is 17.3 Å². The first-order chi connectivity index (χ1) is 17.7. The fourth-order valence-corrected chi connectivity index (χ4v) is 4.33. The molecule has 1 unspecified atom stereocenters. The SMILES string of the molecule is O=C(O)C(Cc1ccc(OCCN2c3cccnc3Cc3ncccc32)cc1)OCc1ccccc1. The van der Waals surface area contributed by atoms with Crippen LogP contribution >= 0.6 is 0 Å². The normalized spacial score (nSPS) is 12.9. The molecule has 3 heterocycles. The van der Waals surface area contributed by atoms with Gasteiger partial charge in [-0.1, -0.05) is 42.5 Å². The molecule has 1 aliphatic rings. The van der Waals surface area contributed by atoms with Crippen molar-refractivity contribution < 1.29 is 19.4 Å². The van der Waals surface area contributed by atoms with Gasteiger partial charge >= 0.3 is 5.97 Å². The van der Waals surface area contributed by atoms with E-state index in [1.165, 1.54) is 0 Å². The van der Waals surface area contributed by atoms with Gasteiger partial charge in [0.2, 0.25) is 0 Å². The van der Waals surface area contributed by atoms with E-state index in [4.69, 9.17) is 9.47 Å². The van der Waals surface area contributed by atoms with E-state index in [-0.39, 0.29) is 13.0 Å². The summed E-state index contributed by atoms with van der Waals surface area (Å²) in [6.45, 7) is 1.38. The van der Waals surface area contributed by atoms with Crippen molar-refractivity contribution in [2.45, 2.75) is 25.6 Å². The largest absolute Gasteiger partial charge is 0.492 e. The van der Waals surface area contributed by atoms with E-state index in [0.717, 1.165) is 46.1 Å². The van der Waals surface area contributed by atoms with E-state index >= 15 is 0 Å². The number of carbonyl (C=O) groups is 1. The van der Waals surface area contributed by atoms with E-state index < -0.39 is 12.1 Å². The van der Waals surface area contributed by atoms with Crippen LogP contribution in [0.1, 0.15) is 22.5 Å². The maximum absolute atomic E-state index is 11.7. The first-order valence-electron chi connectivity index (χ1n) is 11.9. The molecule has 1 N–H and O–H groups in total. The Balaban J connectivity index is 1.18. The van der Waals surface area contributed by atoms with E-state index in [2.05, 4.69) is 27.0 Å². The third-order valence-corrected chi connectivity index (χ3v) is 6.15.